The van der Waals surface area contributed by atoms with E-state index in [1.54, 1.807) is 6.08 Å². The molecule has 0 bridgehead atoms. The van der Waals surface area contributed by atoms with E-state index in [0.29, 0.717) is 0 Å². The number of halogens is 1. The Morgan fingerprint density at radius 1 is 1.57 bits per heavy atom. The molecule has 0 amide bonds. The van der Waals surface area contributed by atoms with Crippen LogP contribution in [0, 0.1) is 0 Å². The van der Waals surface area contributed by atoms with Gasteiger partial charge in [0.2, 0.25) is 0 Å². The first-order valence-corrected chi connectivity index (χ1v) is 5.58. The molecule has 1 N–H and O–H groups in total. The summed E-state index contributed by atoms with van der Waals surface area (Å²) in [4.78, 5) is 0. The van der Waals surface area contributed by atoms with Crippen LogP contribution in [0.5, 0.6) is 0 Å². The van der Waals surface area contributed by atoms with Gasteiger partial charge in [-0.05, 0) is 12.5 Å². The molecule has 0 heterocycles. The van der Waals surface area contributed by atoms with Gasteiger partial charge in [-0.1, -0.05) is 50.6 Å². The van der Waals surface area contributed by atoms with Gasteiger partial charge in [0.25, 0.3) is 0 Å². The molecule has 0 aliphatic rings. The van der Waals surface area contributed by atoms with Crippen molar-refractivity contribution in [2.75, 3.05) is 0 Å². The fourth-order valence-electron chi connectivity index (χ4n) is 0.909. The van der Waals surface area contributed by atoms with Gasteiger partial charge < -0.3 is 5.11 Å². The molecule has 0 spiro atoms. The Morgan fingerprint density at radius 3 is 2.50 bits per heavy atom. The Labute approximate surface area is 89.6 Å². The lowest BCUT2D eigenvalue weighted by Crippen LogP contribution is -2.07. The van der Waals surface area contributed by atoms with Crippen LogP contribution in [-0.2, 0) is 0 Å². The SMILES string of the molecule is C=C/C(=C(O)\C=C/CCC)C(F)(P)P. The van der Waals surface area contributed by atoms with E-state index in [1.807, 2.05) is 25.4 Å². The van der Waals surface area contributed by atoms with Crippen LogP contribution in [0.3, 0.4) is 0 Å². The first-order valence-electron chi connectivity index (χ1n) is 4.42. The summed E-state index contributed by atoms with van der Waals surface area (Å²) in [7, 11) is 3.99. The zero-order valence-electron chi connectivity index (χ0n) is 8.33. The summed E-state index contributed by atoms with van der Waals surface area (Å²) in [5, 5.41) is 7.81. The summed E-state index contributed by atoms with van der Waals surface area (Å²) in [6.45, 7) is 5.49. The fourth-order valence-corrected chi connectivity index (χ4v) is 1.44. The molecule has 2 atom stereocenters. The van der Waals surface area contributed by atoms with Crippen molar-refractivity contribution >= 4 is 18.5 Å². The minimum absolute atomic E-state index is 0.0825. The van der Waals surface area contributed by atoms with E-state index in [1.165, 1.54) is 12.2 Å². The topological polar surface area (TPSA) is 20.2 Å². The van der Waals surface area contributed by atoms with E-state index in [-0.39, 0.29) is 11.3 Å². The summed E-state index contributed by atoms with van der Waals surface area (Å²) in [5.41, 5.74) is 0.153. The van der Waals surface area contributed by atoms with Crippen LogP contribution < -0.4 is 0 Å². The maximum Gasteiger partial charge on any atom is 0.164 e. The molecule has 4 heteroatoms. The summed E-state index contributed by atoms with van der Waals surface area (Å²) < 4.78 is 13.4. The number of unbranched alkanes of at least 4 members (excludes halogenated alkanes) is 1. The van der Waals surface area contributed by atoms with Gasteiger partial charge in [-0.25, -0.2) is 4.39 Å². The lowest BCUT2D eigenvalue weighted by molar-refractivity contribution is 0.398. The maximum absolute atomic E-state index is 13.4. The number of rotatable bonds is 5. The Morgan fingerprint density at radius 2 is 2.14 bits per heavy atom. The van der Waals surface area contributed by atoms with E-state index in [0.717, 1.165) is 12.8 Å². The molecule has 80 valence electrons. The van der Waals surface area contributed by atoms with Crippen molar-refractivity contribution in [2.24, 2.45) is 0 Å². The molecule has 0 aliphatic heterocycles. The summed E-state index contributed by atoms with van der Waals surface area (Å²) in [6, 6.07) is 0. The molecule has 0 aromatic carbocycles. The lowest BCUT2D eigenvalue weighted by atomic mass is 10.2. The average Bonchev–Trinajstić information content (AvgIpc) is 2.03. The third-order valence-electron chi connectivity index (χ3n) is 1.62. The highest BCUT2D eigenvalue weighted by atomic mass is 31.1. The molecule has 0 rings (SSSR count). The predicted octanol–water partition coefficient (Wildman–Crippen LogP) is 3.71. The first kappa shape index (κ1) is 13.8. The van der Waals surface area contributed by atoms with Crippen molar-refractivity contribution in [1.82, 2.24) is 0 Å². The second-order valence-electron chi connectivity index (χ2n) is 2.96. The number of allylic oxidation sites excluding steroid dienone is 4. The monoisotopic (exact) mass is 234 g/mol. The Kier molecular flexibility index (Phi) is 6.24. The minimum Gasteiger partial charge on any atom is -0.508 e. The summed E-state index contributed by atoms with van der Waals surface area (Å²) in [5.74, 6) is -0.0825. The molecule has 14 heavy (non-hydrogen) atoms. The van der Waals surface area contributed by atoms with Gasteiger partial charge in [0.1, 0.15) is 5.76 Å². The molecule has 1 nitrogen and oxygen atoms in total. The molecular formula is C10H17FOP2. The second-order valence-corrected chi connectivity index (χ2v) is 5.31. The van der Waals surface area contributed by atoms with Gasteiger partial charge in [0.05, 0.1) is 0 Å². The molecule has 0 saturated heterocycles. The summed E-state index contributed by atoms with van der Waals surface area (Å²) >= 11 is 0. The number of aliphatic hydroxyl groups is 1. The summed E-state index contributed by atoms with van der Waals surface area (Å²) in [6.07, 6.45) is 6.48. The van der Waals surface area contributed by atoms with Crippen LogP contribution in [0.25, 0.3) is 0 Å². The van der Waals surface area contributed by atoms with Crippen LogP contribution in [0.4, 0.5) is 4.39 Å². The van der Waals surface area contributed by atoms with E-state index in [2.05, 4.69) is 6.58 Å². The van der Waals surface area contributed by atoms with Gasteiger partial charge in [-0.15, -0.1) is 0 Å². The van der Waals surface area contributed by atoms with Crippen molar-refractivity contribution < 1.29 is 9.50 Å². The Hall–Kier alpha value is -0.190. The number of aliphatic hydroxyl groups excluding tert-OH is 1. The van der Waals surface area contributed by atoms with Crippen LogP contribution in [0.1, 0.15) is 19.8 Å². The van der Waals surface area contributed by atoms with Gasteiger partial charge >= 0.3 is 0 Å². The average molecular weight is 234 g/mol. The molecule has 0 aliphatic carbocycles. The zero-order chi connectivity index (χ0) is 11.2. The molecule has 0 saturated carbocycles. The van der Waals surface area contributed by atoms with Gasteiger partial charge in [0.15, 0.2) is 5.15 Å². The molecule has 0 aromatic rings. The largest absolute Gasteiger partial charge is 0.508 e. The molecule has 0 radical (unpaired) electrons. The lowest BCUT2D eigenvalue weighted by Gasteiger charge is -2.15. The number of alkyl halides is 1. The van der Waals surface area contributed by atoms with Crippen LogP contribution in [-0.4, -0.2) is 10.3 Å². The van der Waals surface area contributed by atoms with E-state index in [4.69, 9.17) is 0 Å². The van der Waals surface area contributed by atoms with Crippen LogP contribution in [0.15, 0.2) is 36.1 Å². The molecular weight excluding hydrogens is 217 g/mol. The van der Waals surface area contributed by atoms with Crippen molar-refractivity contribution in [3.8, 4) is 0 Å². The van der Waals surface area contributed by atoms with Gasteiger partial charge in [-0.3, -0.25) is 0 Å². The third-order valence-corrected chi connectivity index (χ3v) is 2.25. The van der Waals surface area contributed by atoms with Crippen molar-refractivity contribution in [3.63, 3.8) is 0 Å². The fraction of sp³-hybridized carbons (Fsp3) is 0.400. The maximum atomic E-state index is 13.4. The van der Waals surface area contributed by atoms with Crippen molar-refractivity contribution in [2.45, 2.75) is 24.9 Å². The van der Waals surface area contributed by atoms with Gasteiger partial charge in [0, 0.05) is 5.57 Å². The highest BCUT2D eigenvalue weighted by Gasteiger charge is 2.22. The normalized spacial score (nSPS) is 14.3. The van der Waals surface area contributed by atoms with Crippen LogP contribution >= 0.6 is 18.5 Å². The standard InChI is InChI=1S/C10H17FOP2/c1-3-5-6-7-9(12)8(4-2)10(11,13)14/h4,6-7,12H,2-3,5,13-14H2,1H3/b7-6-,9-8-. The number of hydrogen-bond donors (Lipinski definition) is 1. The zero-order valence-corrected chi connectivity index (χ0v) is 10.6. The van der Waals surface area contributed by atoms with Crippen molar-refractivity contribution in [1.29, 1.82) is 0 Å². The highest BCUT2D eigenvalue weighted by Crippen LogP contribution is 2.38. The second kappa shape index (κ2) is 6.32. The number of hydrogen-bond acceptors (Lipinski definition) is 1. The highest BCUT2D eigenvalue weighted by molar-refractivity contribution is 7.40. The Bertz CT molecular complexity index is 251. The van der Waals surface area contributed by atoms with E-state index < -0.39 is 5.15 Å². The van der Waals surface area contributed by atoms with Gasteiger partial charge in [-0.2, -0.15) is 0 Å². The molecule has 0 aromatic heterocycles. The molecule has 2 unspecified atom stereocenters. The quantitative estimate of drug-likeness (QED) is 0.436. The van der Waals surface area contributed by atoms with Crippen LogP contribution in [0.2, 0.25) is 0 Å². The van der Waals surface area contributed by atoms with E-state index >= 15 is 0 Å². The predicted molar refractivity (Wildman–Crippen MR) is 67.2 cm³/mol. The first-order chi connectivity index (χ1) is 6.43. The third kappa shape index (κ3) is 4.88. The van der Waals surface area contributed by atoms with Crippen molar-refractivity contribution in [3.05, 3.63) is 36.1 Å². The minimum atomic E-state index is -1.72. The van der Waals surface area contributed by atoms with E-state index in [9.17, 15) is 9.50 Å². The Balaban J connectivity index is 4.76. The molecule has 0 fully saturated rings. The smallest absolute Gasteiger partial charge is 0.164 e.